The third-order valence-corrected chi connectivity index (χ3v) is 7.22. The number of carboxylic acids is 1. The summed E-state index contributed by atoms with van der Waals surface area (Å²) in [7, 11) is -4.36. The lowest BCUT2D eigenvalue weighted by Crippen LogP contribution is -2.29. The Balaban J connectivity index is 1.63. The number of halogens is 4. The summed E-state index contributed by atoms with van der Waals surface area (Å²) in [4.78, 5) is 23.1. The number of sulfonamides is 1. The van der Waals surface area contributed by atoms with Crippen LogP contribution in [0.1, 0.15) is 31.8 Å². The molecule has 0 radical (unpaired) electrons. The van der Waals surface area contributed by atoms with Crippen LogP contribution < -0.4 is 9.62 Å². The van der Waals surface area contributed by atoms with Gasteiger partial charge >= 0.3 is 12.1 Å². The molecule has 1 heterocycles. The number of fused-ring (bicyclic) bond motifs is 1. The summed E-state index contributed by atoms with van der Waals surface area (Å²) in [5.74, 6) is -3.25. The molecule has 0 unspecified atom stereocenters. The molecule has 0 fully saturated rings. The maximum absolute atomic E-state index is 13.9. The van der Waals surface area contributed by atoms with Crippen LogP contribution in [0.25, 0.3) is 0 Å². The number of rotatable bonds is 5. The Bertz CT molecular complexity index is 1450. The van der Waals surface area contributed by atoms with E-state index in [4.69, 9.17) is 5.11 Å². The van der Waals surface area contributed by atoms with Gasteiger partial charge in [-0.25, -0.2) is 17.6 Å². The molecule has 1 aliphatic rings. The van der Waals surface area contributed by atoms with Crippen LogP contribution >= 0.6 is 0 Å². The van der Waals surface area contributed by atoms with Gasteiger partial charge in [0.15, 0.2) is 0 Å². The van der Waals surface area contributed by atoms with Crippen molar-refractivity contribution >= 4 is 33.3 Å². The zero-order valence-corrected chi connectivity index (χ0v) is 18.5. The van der Waals surface area contributed by atoms with Gasteiger partial charge in [0.2, 0.25) is 0 Å². The Kier molecular flexibility index (Phi) is 6.01. The summed E-state index contributed by atoms with van der Waals surface area (Å²) < 4.78 is 80.3. The molecule has 0 saturated carbocycles. The highest BCUT2D eigenvalue weighted by molar-refractivity contribution is 7.92. The Morgan fingerprint density at radius 3 is 2.40 bits per heavy atom. The third-order valence-electron chi connectivity index (χ3n) is 5.41. The summed E-state index contributed by atoms with van der Waals surface area (Å²) in [5.41, 5.74) is -0.969. The molecule has 12 heteroatoms. The lowest BCUT2D eigenvalue weighted by atomic mass is 10.1. The van der Waals surface area contributed by atoms with Crippen molar-refractivity contribution in [3.63, 3.8) is 0 Å². The molecule has 0 aliphatic carbocycles. The van der Waals surface area contributed by atoms with Crippen molar-refractivity contribution in [2.75, 3.05) is 16.2 Å². The van der Waals surface area contributed by atoms with E-state index in [0.717, 1.165) is 34.6 Å². The number of carboxylic acid groups (broad SMARTS) is 1. The van der Waals surface area contributed by atoms with E-state index in [1.807, 2.05) is 0 Å². The van der Waals surface area contributed by atoms with Crippen molar-refractivity contribution in [2.24, 2.45) is 0 Å². The minimum atomic E-state index is -4.72. The average molecular weight is 508 g/mol. The Morgan fingerprint density at radius 1 is 1.00 bits per heavy atom. The van der Waals surface area contributed by atoms with Crippen molar-refractivity contribution in [2.45, 2.75) is 17.5 Å². The Labute approximate surface area is 196 Å². The maximum Gasteiger partial charge on any atom is 0.416 e. The lowest BCUT2D eigenvalue weighted by molar-refractivity contribution is -0.137. The molecule has 35 heavy (non-hydrogen) atoms. The average Bonchev–Trinajstić information content (AvgIpc) is 3.22. The number of hydrogen-bond donors (Lipinski definition) is 2. The summed E-state index contributed by atoms with van der Waals surface area (Å²) >= 11 is 0. The summed E-state index contributed by atoms with van der Waals surface area (Å²) in [6, 6.07) is 10.6. The fourth-order valence-electron chi connectivity index (χ4n) is 3.67. The van der Waals surface area contributed by atoms with Crippen LogP contribution in [0, 0.1) is 5.82 Å². The SMILES string of the molecule is O=C(Nc1ccc(C(=O)O)c(F)c1)c1ccc2c(c1)N(S(=O)(=O)c1cccc(C(F)(F)F)c1)CC2. The first-order valence-electron chi connectivity index (χ1n) is 10.0. The maximum atomic E-state index is 13.9. The number of carbonyl (C=O) groups is 2. The second-order valence-electron chi connectivity index (χ2n) is 7.65. The zero-order chi connectivity index (χ0) is 25.5. The van der Waals surface area contributed by atoms with Gasteiger partial charge in [0, 0.05) is 17.8 Å². The predicted octanol–water partition coefficient (Wildman–Crippen LogP) is 4.55. The fourth-order valence-corrected chi connectivity index (χ4v) is 5.21. The first-order chi connectivity index (χ1) is 16.4. The van der Waals surface area contributed by atoms with Gasteiger partial charge in [0.25, 0.3) is 15.9 Å². The molecule has 0 aromatic heterocycles. The van der Waals surface area contributed by atoms with Gasteiger partial charge < -0.3 is 10.4 Å². The van der Waals surface area contributed by atoms with Crippen molar-refractivity contribution < 1.29 is 40.7 Å². The molecule has 0 atom stereocenters. The van der Waals surface area contributed by atoms with E-state index in [0.29, 0.717) is 11.6 Å². The van der Waals surface area contributed by atoms with Crippen LogP contribution in [0.4, 0.5) is 28.9 Å². The van der Waals surface area contributed by atoms with Gasteiger partial charge in [-0.1, -0.05) is 12.1 Å². The van der Waals surface area contributed by atoms with Gasteiger partial charge in [0.1, 0.15) is 5.82 Å². The molecule has 0 saturated heterocycles. The molecule has 3 aromatic rings. The second-order valence-corrected chi connectivity index (χ2v) is 9.51. The molecule has 3 aromatic carbocycles. The molecule has 4 rings (SSSR count). The van der Waals surface area contributed by atoms with Crippen molar-refractivity contribution in [3.8, 4) is 0 Å². The van der Waals surface area contributed by atoms with E-state index in [1.54, 1.807) is 0 Å². The van der Waals surface area contributed by atoms with E-state index < -0.39 is 49.9 Å². The predicted molar refractivity (Wildman–Crippen MR) is 117 cm³/mol. The van der Waals surface area contributed by atoms with Crippen LogP contribution in [0.2, 0.25) is 0 Å². The highest BCUT2D eigenvalue weighted by Crippen LogP contribution is 2.36. The number of carbonyl (C=O) groups excluding carboxylic acids is 1. The highest BCUT2D eigenvalue weighted by Gasteiger charge is 2.35. The number of aromatic carboxylic acids is 1. The largest absolute Gasteiger partial charge is 0.478 e. The molecular weight excluding hydrogens is 492 g/mol. The number of alkyl halides is 3. The first kappa shape index (κ1) is 24.2. The molecule has 0 bridgehead atoms. The van der Waals surface area contributed by atoms with Crippen molar-refractivity contribution in [1.82, 2.24) is 0 Å². The number of anilines is 2. The first-order valence-corrected chi connectivity index (χ1v) is 11.5. The van der Waals surface area contributed by atoms with Crippen LogP contribution in [0.15, 0.2) is 65.6 Å². The van der Waals surface area contributed by atoms with Crippen molar-refractivity contribution in [3.05, 3.63) is 88.7 Å². The monoisotopic (exact) mass is 508 g/mol. The van der Waals surface area contributed by atoms with Gasteiger partial charge in [0.05, 0.1) is 21.7 Å². The quantitative estimate of drug-likeness (QED) is 0.493. The molecule has 0 spiro atoms. The van der Waals surface area contributed by atoms with Gasteiger partial charge in [-0.15, -0.1) is 0 Å². The van der Waals surface area contributed by atoms with Crippen LogP contribution in [0.3, 0.4) is 0 Å². The van der Waals surface area contributed by atoms with Gasteiger partial charge in [-0.2, -0.15) is 13.2 Å². The Morgan fingerprint density at radius 2 is 1.74 bits per heavy atom. The third kappa shape index (κ3) is 4.69. The molecule has 182 valence electrons. The number of hydrogen-bond acceptors (Lipinski definition) is 4. The van der Waals surface area contributed by atoms with Crippen molar-refractivity contribution in [1.29, 1.82) is 0 Å². The van der Waals surface area contributed by atoms with E-state index in [1.165, 1.54) is 24.3 Å². The highest BCUT2D eigenvalue weighted by atomic mass is 32.2. The molecule has 2 N–H and O–H groups in total. The summed E-state index contributed by atoms with van der Waals surface area (Å²) in [6.45, 7) is -0.0269. The van der Waals surface area contributed by atoms with Crippen LogP contribution in [0.5, 0.6) is 0 Å². The normalized spacial score (nSPS) is 13.4. The van der Waals surface area contributed by atoms with E-state index in [9.17, 15) is 35.6 Å². The van der Waals surface area contributed by atoms with Gasteiger partial charge in [-0.05, 0) is 60.5 Å². The van der Waals surface area contributed by atoms with Crippen LogP contribution in [-0.4, -0.2) is 31.9 Å². The van der Waals surface area contributed by atoms with Gasteiger partial charge in [-0.3, -0.25) is 9.10 Å². The number of benzene rings is 3. The number of nitrogens with one attached hydrogen (secondary N) is 1. The topological polar surface area (TPSA) is 104 Å². The molecule has 1 aliphatic heterocycles. The fraction of sp³-hybridized carbons (Fsp3) is 0.130. The number of nitrogens with zero attached hydrogens (tertiary/aromatic N) is 1. The number of amides is 1. The summed E-state index contributed by atoms with van der Waals surface area (Å²) in [6.07, 6.45) is -4.43. The lowest BCUT2D eigenvalue weighted by Gasteiger charge is -2.21. The Hall–Kier alpha value is -3.93. The standard InChI is InChI=1S/C23H16F4N2O5S/c24-19-12-16(6-7-18(19)22(31)32)28-21(30)14-5-4-13-8-9-29(20(13)10-14)35(33,34)17-3-1-2-15(11-17)23(25,26)27/h1-7,10-12H,8-9H2,(H,28,30)(H,31,32). The molecule has 1 amide bonds. The summed E-state index contributed by atoms with van der Waals surface area (Å²) in [5, 5.41) is 11.3. The van der Waals surface area contributed by atoms with E-state index in [2.05, 4.69) is 5.32 Å². The van der Waals surface area contributed by atoms with E-state index >= 15 is 0 Å². The van der Waals surface area contributed by atoms with E-state index in [-0.39, 0.29) is 29.9 Å². The smallest absolute Gasteiger partial charge is 0.416 e. The minimum absolute atomic E-state index is 0.0117. The minimum Gasteiger partial charge on any atom is -0.478 e. The molecular formula is C23H16F4N2O5S. The molecule has 7 nitrogen and oxygen atoms in total. The second kappa shape index (κ2) is 8.69. The van der Waals surface area contributed by atoms with Crippen LogP contribution in [-0.2, 0) is 22.6 Å². The zero-order valence-electron chi connectivity index (χ0n) is 17.6.